The molecule has 1 aromatic heterocycles. The van der Waals surface area contributed by atoms with Gasteiger partial charge in [0.2, 0.25) is 0 Å². The molecule has 108 valence electrons. The second kappa shape index (κ2) is 6.53. The Hall–Kier alpha value is -0.870. The van der Waals surface area contributed by atoms with E-state index in [1.165, 1.54) is 55.8 Å². The second-order valence-corrected chi connectivity index (χ2v) is 5.80. The maximum atomic E-state index is 4.53. The fourth-order valence-corrected chi connectivity index (χ4v) is 3.05. The Bertz CT molecular complexity index is 405. The van der Waals surface area contributed by atoms with E-state index in [0.29, 0.717) is 6.04 Å². The van der Waals surface area contributed by atoms with Gasteiger partial charge in [0, 0.05) is 37.4 Å². The molecule has 1 aliphatic heterocycles. The molecule has 0 saturated carbocycles. The molecule has 1 aromatic rings. The second-order valence-electron chi connectivity index (χ2n) is 5.80. The van der Waals surface area contributed by atoms with Gasteiger partial charge in [-0.05, 0) is 46.2 Å². The lowest BCUT2D eigenvalue weighted by molar-refractivity contribution is 0.240. The standard InChI is InChI=1S/C15H28N4/c1-5-9-19(10-14-7-6-8-16-14)11-15-12(2)17-18(4)13(15)3/h14,16H,5-11H2,1-4H3. The summed E-state index contributed by atoms with van der Waals surface area (Å²) < 4.78 is 2.00. The van der Waals surface area contributed by atoms with Crippen LogP contribution in [-0.2, 0) is 13.6 Å². The van der Waals surface area contributed by atoms with Gasteiger partial charge in [-0.3, -0.25) is 9.58 Å². The minimum atomic E-state index is 0.684. The molecule has 0 aliphatic carbocycles. The first-order valence-corrected chi connectivity index (χ1v) is 7.56. The van der Waals surface area contributed by atoms with Crippen LogP contribution in [0.1, 0.15) is 43.1 Å². The molecule has 1 aliphatic rings. The van der Waals surface area contributed by atoms with Crippen LogP contribution in [0.3, 0.4) is 0 Å². The van der Waals surface area contributed by atoms with E-state index in [4.69, 9.17) is 0 Å². The zero-order valence-corrected chi connectivity index (χ0v) is 12.9. The summed E-state index contributed by atoms with van der Waals surface area (Å²) in [4.78, 5) is 2.58. The molecule has 19 heavy (non-hydrogen) atoms. The molecular formula is C15H28N4. The molecule has 1 unspecified atom stereocenters. The Morgan fingerprint density at radius 2 is 2.21 bits per heavy atom. The molecule has 1 saturated heterocycles. The Labute approximate surface area is 117 Å². The van der Waals surface area contributed by atoms with Gasteiger partial charge in [0.05, 0.1) is 5.69 Å². The zero-order chi connectivity index (χ0) is 13.8. The molecule has 4 nitrogen and oxygen atoms in total. The van der Waals surface area contributed by atoms with Crippen LogP contribution in [0, 0.1) is 13.8 Å². The lowest BCUT2D eigenvalue weighted by Crippen LogP contribution is -2.37. The van der Waals surface area contributed by atoms with Crippen LogP contribution in [0.25, 0.3) is 0 Å². The smallest absolute Gasteiger partial charge is 0.0641 e. The molecule has 1 N–H and O–H groups in total. The first-order chi connectivity index (χ1) is 9.11. The van der Waals surface area contributed by atoms with Crippen molar-refractivity contribution in [2.75, 3.05) is 19.6 Å². The van der Waals surface area contributed by atoms with Crippen LogP contribution in [-0.4, -0.2) is 40.4 Å². The predicted molar refractivity (Wildman–Crippen MR) is 79.3 cm³/mol. The van der Waals surface area contributed by atoms with Gasteiger partial charge in [0.15, 0.2) is 0 Å². The fraction of sp³-hybridized carbons (Fsp3) is 0.800. The Morgan fingerprint density at radius 3 is 2.74 bits per heavy atom. The van der Waals surface area contributed by atoms with Crippen molar-refractivity contribution in [3.05, 3.63) is 17.0 Å². The highest BCUT2D eigenvalue weighted by atomic mass is 15.3. The van der Waals surface area contributed by atoms with E-state index in [0.717, 1.165) is 6.54 Å². The molecule has 0 spiro atoms. The van der Waals surface area contributed by atoms with E-state index >= 15 is 0 Å². The Kier molecular flexibility index (Phi) is 4.99. The maximum absolute atomic E-state index is 4.53. The molecule has 0 radical (unpaired) electrons. The van der Waals surface area contributed by atoms with E-state index in [9.17, 15) is 0 Å². The third-order valence-electron chi connectivity index (χ3n) is 4.22. The number of hydrogen-bond acceptors (Lipinski definition) is 3. The quantitative estimate of drug-likeness (QED) is 0.853. The predicted octanol–water partition coefficient (Wildman–Crippen LogP) is 2.00. The highest BCUT2D eigenvalue weighted by Gasteiger charge is 2.19. The van der Waals surface area contributed by atoms with Crippen molar-refractivity contribution < 1.29 is 0 Å². The monoisotopic (exact) mass is 264 g/mol. The van der Waals surface area contributed by atoms with Crippen LogP contribution in [0.5, 0.6) is 0 Å². The molecule has 0 amide bonds. The summed E-state index contributed by atoms with van der Waals surface area (Å²) in [6.07, 6.45) is 3.87. The molecule has 0 bridgehead atoms. The summed E-state index contributed by atoms with van der Waals surface area (Å²) in [6, 6.07) is 0.684. The van der Waals surface area contributed by atoms with Gasteiger partial charge in [-0.25, -0.2) is 0 Å². The van der Waals surface area contributed by atoms with Crippen molar-refractivity contribution in [1.29, 1.82) is 0 Å². The highest BCUT2D eigenvalue weighted by molar-refractivity contribution is 5.24. The Morgan fingerprint density at radius 1 is 1.42 bits per heavy atom. The SMILES string of the molecule is CCCN(Cc1c(C)nn(C)c1C)CC1CCCN1. The average Bonchev–Trinajstić information content (AvgIpc) is 2.94. The normalized spacial score (nSPS) is 19.5. The maximum Gasteiger partial charge on any atom is 0.0641 e. The average molecular weight is 264 g/mol. The minimum Gasteiger partial charge on any atom is -0.313 e. The van der Waals surface area contributed by atoms with E-state index in [-0.39, 0.29) is 0 Å². The van der Waals surface area contributed by atoms with Gasteiger partial charge in [-0.1, -0.05) is 6.92 Å². The van der Waals surface area contributed by atoms with Gasteiger partial charge in [0.25, 0.3) is 0 Å². The van der Waals surface area contributed by atoms with E-state index < -0.39 is 0 Å². The largest absolute Gasteiger partial charge is 0.313 e. The van der Waals surface area contributed by atoms with E-state index in [2.05, 4.69) is 36.1 Å². The van der Waals surface area contributed by atoms with Gasteiger partial charge in [-0.2, -0.15) is 5.10 Å². The summed E-state index contributed by atoms with van der Waals surface area (Å²) in [6.45, 7) is 11.1. The van der Waals surface area contributed by atoms with E-state index in [1.807, 2.05) is 11.7 Å². The molecule has 1 atom stereocenters. The van der Waals surface area contributed by atoms with Crippen LogP contribution in [0.4, 0.5) is 0 Å². The summed E-state index contributed by atoms with van der Waals surface area (Å²) in [5.41, 5.74) is 3.90. The minimum absolute atomic E-state index is 0.684. The third-order valence-corrected chi connectivity index (χ3v) is 4.22. The summed E-state index contributed by atoms with van der Waals surface area (Å²) in [7, 11) is 2.04. The molecule has 4 heteroatoms. The van der Waals surface area contributed by atoms with Crippen molar-refractivity contribution in [3.63, 3.8) is 0 Å². The van der Waals surface area contributed by atoms with Gasteiger partial charge in [0.1, 0.15) is 0 Å². The van der Waals surface area contributed by atoms with E-state index in [1.54, 1.807) is 0 Å². The topological polar surface area (TPSA) is 33.1 Å². The van der Waals surface area contributed by atoms with Crippen molar-refractivity contribution in [3.8, 4) is 0 Å². The molecule has 1 fully saturated rings. The van der Waals surface area contributed by atoms with Gasteiger partial charge >= 0.3 is 0 Å². The summed E-state index contributed by atoms with van der Waals surface area (Å²) >= 11 is 0. The van der Waals surface area contributed by atoms with Crippen molar-refractivity contribution in [2.24, 2.45) is 7.05 Å². The Balaban J connectivity index is 2.02. The van der Waals surface area contributed by atoms with Crippen LogP contribution < -0.4 is 5.32 Å². The number of nitrogens with zero attached hydrogens (tertiary/aromatic N) is 3. The first-order valence-electron chi connectivity index (χ1n) is 7.56. The zero-order valence-electron chi connectivity index (χ0n) is 12.9. The fourth-order valence-electron chi connectivity index (χ4n) is 3.05. The van der Waals surface area contributed by atoms with Crippen LogP contribution in [0.2, 0.25) is 0 Å². The summed E-state index contributed by atoms with van der Waals surface area (Å²) in [5, 5.41) is 8.13. The molecular weight excluding hydrogens is 236 g/mol. The number of aromatic nitrogens is 2. The van der Waals surface area contributed by atoms with Gasteiger partial charge < -0.3 is 5.32 Å². The number of rotatable bonds is 6. The summed E-state index contributed by atoms with van der Waals surface area (Å²) in [5.74, 6) is 0. The van der Waals surface area contributed by atoms with Crippen molar-refractivity contribution in [1.82, 2.24) is 20.0 Å². The molecule has 2 rings (SSSR count). The van der Waals surface area contributed by atoms with Crippen LogP contribution in [0.15, 0.2) is 0 Å². The highest BCUT2D eigenvalue weighted by Crippen LogP contribution is 2.16. The number of hydrogen-bond donors (Lipinski definition) is 1. The molecule has 2 heterocycles. The lowest BCUT2D eigenvalue weighted by Gasteiger charge is -2.25. The van der Waals surface area contributed by atoms with Crippen LogP contribution >= 0.6 is 0 Å². The lowest BCUT2D eigenvalue weighted by atomic mass is 10.1. The number of aryl methyl sites for hydroxylation is 2. The van der Waals surface area contributed by atoms with Gasteiger partial charge in [-0.15, -0.1) is 0 Å². The third kappa shape index (κ3) is 3.57. The number of nitrogens with one attached hydrogen (secondary N) is 1. The molecule has 0 aromatic carbocycles. The first kappa shape index (κ1) is 14.5. The van der Waals surface area contributed by atoms with Crippen molar-refractivity contribution in [2.45, 2.75) is 52.6 Å². The van der Waals surface area contributed by atoms with Crippen molar-refractivity contribution >= 4 is 0 Å².